The van der Waals surface area contributed by atoms with Crippen molar-refractivity contribution in [3.63, 3.8) is 0 Å². The Balaban J connectivity index is 1.44. The lowest BCUT2D eigenvalue weighted by molar-refractivity contribution is 0.617. The molecule has 0 atom stereocenters. The molecule has 5 rings (SSSR count). The fraction of sp³-hybridized carbons (Fsp3) is 0.371. The Morgan fingerprint density at radius 2 is 1.82 bits per heavy atom. The average Bonchev–Trinajstić information content (AvgIpc) is 3.55. The lowest BCUT2D eigenvalue weighted by Gasteiger charge is -2.17. The second kappa shape index (κ2) is 14.6. The Labute approximate surface area is 271 Å². The molecule has 0 amide bonds. The van der Waals surface area contributed by atoms with Crippen molar-refractivity contribution >= 4 is 51.7 Å². The molecule has 2 aromatic carbocycles. The largest absolute Gasteiger partial charge is 0.399 e. The van der Waals surface area contributed by atoms with E-state index in [9.17, 15) is 0 Å². The molecular formula is C35H47N9S. The van der Waals surface area contributed by atoms with E-state index >= 15 is 0 Å². The zero-order chi connectivity index (χ0) is 31.9. The number of hydrogen-bond acceptors (Lipinski definition) is 8. The summed E-state index contributed by atoms with van der Waals surface area (Å²) < 4.78 is 7.62. The van der Waals surface area contributed by atoms with Gasteiger partial charge < -0.3 is 31.4 Å². The summed E-state index contributed by atoms with van der Waals surface area (Å²) in [6, 6.07) is 10.6. The Morgan fingerprint density at radius 3 is 2.58 bits per heavy atom. The number of anilines is 3. The lowest BCUT2D eigenvalue weighted by Crippen LogP contribution is -2.13. The molecule has 45 heavy (non-hydrogen) atoms. The molecule has 9 nitrogen and oxygen atoms in total. The molecule has 0 fully saturated rings. The predicted molar refractivity (Wildman–Crippen MR) is 193 cm³/mol. The van der Waals surface area contributed by atoms with Crippen molar-refractivity contribution in [2.24, 2.45) is 5.73 Å². The number of benzene rings is 2. The molecule has 0 spiro atoms. The Kier molecular flexibility index (Phi) is 10.4. The number of allylic oxidation sites excluding steroid dienone is 1. The summed E-state index contributed by atoms with van der Waals surface area (Å²) in [6.45, 7) is 15.4. The summed E-state index contributed by atoms with van der Waals surface area (Å²) in [7, 11) is 0. The predicted octanol–water partition coefficient (Wildman–Crippen LogP) is 6.50. The molecule has 7 N–H and O–H groups in total. The molecule has 0 bridgehead atoms. The highest BCUT2D eigenvalue weighted by atomic mass is 32.2. The number of aromatic nitrogens is 4. The van der Waals surface area contributed by atoms with Crippen LogP contribution in [0, 0.1) is 6.92 Å². The van der Waals surface area contributed by atoms with E-state index < -0.39 is 0 Å². The normalized spacial score (nSPS) is 14.6. The highest BCUT2D eigenvalue weighted by molar-refractivity contribution is 7.97. The van der Waals surface area contributed by atoms with Crippen molar-refractivity contribution in [1.29, 1.82) is 0 Å². The van der Waals surface area contributed by atoms with Gasteiger partial charge in [0.25, 0.3) is 0 Å². The quantitative estimate of drug-likeness (QED) is 0.0811. The zero-order valence-corrected chi connectivity index (χ0v) is 27.7. The first kappa shape index (κ1) is 32.1. The van der Waals surface area contributed by atoms with Crippen molar-refractivity contribution in [1.82, 2.24) is 24.1 Å². The molecule has 0 saturated heterocycles. The van der Waals surface area contributed by atoms with E-state index in [4.69, 9.17) is 16.5 Å². The first-order valence-corrected chi connectivity index (χ1v) is 17.1. The number of nitrogen functional groups attached to an aromatic ring is 1. The average molecular weight is 626 g/mol. The zero-order valence-electron chi connectivity index (χ0n) is 26.9. The van der Waals surface area contributed by atoms with Crippen molar-refractivity contribution in [2.75, 3.05) is 35.7 Å². The smallest absolute Gasteiger partial charge is 0.204 e. The van der Waals surface area contributed by atoms with Crippen molar-refractivity contribution in [3.8, 4) is 0 Å². The van der Waals surface area contributed by atoms with E-state index in [2.05, 4.69) is 86.2 Å². The molecule has 1 aliphatic rings. The molecule has 4 aromatic rings. The molecule has 3 heterocycles. The minimum atomic E-state index is 0.560. The van der Waals surface area contributed by atoms with Gasteiger partial charge >= 0.3 is 0 Å². The number of aryl methyl sites for hydroxylation is 4. The number of fused-ring (bicyclic) bond motifs is 1. The van der Waals surface area contributed by atoms with Crippen LogP contribution in [-0.2, 0) is 32.4 Å². The van der Waals surface area contributed by atoms with Crippen LogP contribution in [0.2, 0.25) is 0 Å². The Bertz CT molecular complexity index is 1710. The van der Waals surface area contributed by atoms with Crippen molar-refractivity contribution in [3.05, 3.63) is 89.3 Å². The molecule has 238 valence electrons. The van der Waals surface area contributed by atoms with E-state index in [0.29, 0.717) is 18.8 Å². The SMILES string of the molecule is C=C(N)c1cc2c3c(c1)nc(NCCc1cc(C)nn1CC)n3C/C=C/CNc1c(N)cc(C(=C)NSC)cc1CCCCC2. The number of nitrogens with two attached hydrogens (primary N) is 2. The van der Waals surface area contributed by atoms with Gasteiger partial charge in [0, 0.05) is 61.5 Å². The van der Waals surface area contributed by atoms with Crippen LogP contribution in [0.5, 0.6) is 0 Å². The molecule has 10 heteroatoms. The third-order valence-electron chi connectivity index (χ3n) is 8.31. The fourth-order valence-corrected chi connectivity index (χ4v) is 6.51. The third-order valence-corrected chi connectivity index (χ3v) is 8.76. The van der Waals surface area contributed by atoms with Gasteiger partial charge in [-0.15, -0.1) is 0 Å². The Hall–Kier alpha value is -4.31. The highest BCUT2D eigenvalue weighted by Gasteiger charge is 2.17. The first-order chi connectivity index (χ1) is 21.8. The lowest BCUT2D eigenvalue weighted by atomic mass is 9.97. The number of nitrogens with one attached hydrogen (secondary N) is 3. The van der Waals surface area contributed by atoms with Crippen LogP contribution in [0.1, 0.15) is 59.8 Å². The van der Waals surface area contributed by atoms with E-state index in [1.807, 2.05) is 19.2 Å². The standard InChI is InChI=1S/C35H47N9S/c1-6-44-30(18-23(2)41-44)14-16-39-35-40-32-22-28(24(3)36)20-27-13-9-7-8-12-26-19-29(25(4)42-45-5)21-31(37)33(26)38-15-10-11-17-43(35)34(27)32/h10-11,18-22,38,42H,3-4,6-9,12-17,36-37H2,1-2,5H3,(H,39,40)/b11-10+. The maximum Gasteiger partial charge on any atom is 0.204 e. The van der Waals surface area contributed by atoms with E-state index in [-0.39, 0.29) is 0 Å². The molecule has 0 aliphatic carbocycles. The molecule has 0 radical (unpaired) electrons. The van der Waals surface area contributed by atoms with E-state index in [1.165, 1.54) is 28.8 Å². The Morgan fingerprint density at radius 1 is 1.04 bits per heavy atom. The van der Waals surface area contributed by atoms with Gasteiger partial charge in [0.2, 0.25) is 5.95 Å². The second-order valence-electron chi connectivity index (χ2n) is 11.6. The second-order valence-corrected chi connectivity index (χ2v) is 12.3. The summed E-state index contributed by atoms with van der Waals surface area (Å²) in [4.78, 5) is 5.08. The van der Waals surface area contributed by atoms with Crippen LogP contribution >= 0.6 is 11.9 Å². The van der Waals surface area contributed by atoms with Crippen LogP contribution in [0.15, 0.2) is 55.6 Å². The number of nitrogens with zero attached hydrogens (tertiary/aromatic N) is 4. The van der Waals surface area contributed by atoms with Gasteiger partial charge in [-0.2, -0.15) is 5.10 Å². The van der Waals surface area contributed by atoms with Gasteiger partial charge in [0.05, 0.1) is 28.1 Å². The molecule has 1 aliphatic heterocycles. The minimum Gasteiger partial charge on any atom is -0.399 e. The molecule has 0 unspecified atom stereocenters. The monoisotopic (exact) mass is 625 g/mol. The fourth-order valence-electron chi connectivity index (χ4n) is 6.15. The minimum absolute atomic E-state index is 0.560. The summed E-state index contributed by atoms with van der Waals surface area (Å²) in [6.07, 6.45) is 12.3. The van der Waals surface area contributed by atoms with Crippen molar-refractivity contribution < 1.29 is 0 Å². The topological polar surface area (TPSA) is 124 Å². The van der Waals surface area contributed by atoms with Gasteiger partial charge in [0.1, 0.15) is 0 Å². The molecule has 2 aromatic heterocycles. The van der Waals surface area contributed by atoms with Gasteiger partial charge in [0.15, 0.2) is 0 Å². The first-order valence-electron chi connectivity index (χ1n) is 15.8. The van der Waals surface area contributed by atoms with Crippen LogP contribution in [-0.4, -0.2) is 38.7 Å². The maximum absolute atomic E-state index is 6.59. The van der Waals surface area contributed by atoms with Crippen LogP contribution in [0.25, 0.3) is 22.4 Å². The van der Waals surface area contributed by atoms with Crippen LogP contribution in [0.3, 0.4) is 0 Å². The number of rotatable bonds is 9. The van der Waals surface area contributed by atoms with E-state index in [1.54, 1.807) is 0 Å². The van der Waals surface area contributed by atoms with Crippen molar-refractivity contribution in [2.45, 2.75) is 65.5 Å². The van der Waals surface area contributed by atoms with Gasteiger partial charge in [-0.3, -0.25) is 4.68 Å². The van der Waals surface area contributed by atoms with E-state index in [0.717, 1.165) is 102 Å². The third kappa shape index (κ3) is 7.50. The molecule has 0 saturated carbocycles. The summed E-state index contributed by atoms with van der Waals surface area (Å²) >= 11 is 1.53. The maximum atomic E-state index is 6.59. The van der Waals surface area contributed by atoms with Gasteiger partial charge in [-0.05, 0) is 86.6 Å². The van der Waals surface area contributed by atoms with Gasteiger partial charge in [-0.25, -0.2) is 4.98 Å². The van der Waals surface area contributed by atoms with Crippen LogP contribution in [0.4, 0.5) is 17.3 Å². The summed E-state index contributed by atoms with van der Waals surface area (Å²) in [5.41, 5.74) is 24.8. The molecular weight excluding hydrogens is 579 g/mol. The van der Waals surface area contributed by atoms with Crippen LogP contribution < -0.4 is 26.8 Å². The number of imidazole rings is 1. The highest BCUT2D eigenvalue weighted by Crippen LogP contribution is 2.31. The summed E-state index contributed by atoms with van der Waals surface area (Å²) in [5.74, 6) is 0.855. The number of hydrogen-bond donors (Lipinski definition) is 5. The summed E-state index contributed by atoms with van der Waals surface area (Å²) in [5, 5.41) is 11.8. The van der Waals surface area contributed by atoms with Gasteiger partial charge in [-0.1, -0.05) is 43.7 Å².